The minimum Gasteiger partial charge on any atom is -0.495 e. The van der Waals surface area contributed by atoms with Crippen LogP contribution >= 0.6 is 27.7 Å². The molecule has 0 unspecified atom stereocenters. The molecule has 0 aliphatic rings. The number of anilines is 1. The lowest BCUT2D eigenvalue weighted by Crippen LogP contribution is -2.05. The molecule has 1 N–H and O–H groups in total. The first-order valence-electron chi connectivity index (χ1n) is 4.93. The second-order valence-corrected chi connectivity index (χ2v) is 5.28. The quantitative estimate of drug-likeness (QED) is 0.808. The summed E-state index contributed by atoms with van der Waals surface area (Å²) in [5.41, 5.74) is 1.04. The number of thioether (sulfide) groups is 1. The molecule has 84 valence electrons. The van der Waals surface area contributed by atoms with E-state index in [0.29, 0.717) is 0 Å². The first-order valence-corrected chi connectivity index (χ1v) is 6.88. The molecule has 4 heteroatoms. The van der Waals surface area contributed by atoms with Crippen molar-refractivity contribution in [2.75, 3.05) is 30.5 Å². The number of hydrogen-bond donors (Lipinski definition) is 1. The van der Waals surface area contributed by atoms with Crippen LogP contribution in [0.1, 0.15) is 6.92 Å². The van der Waals surface area contributed by atoms with E-state index in [1.165, 1.54) is 0 Å². The summed E-state index contributed by atoms with van der Waals surface area (Å²) in [6.07, 6.45) is 0. The van der Waals surface area contributed by atoms with Crippen LogP contribution in [0.3, 0.4) is 0 Å². The molecule has 0 heterocycles. The Morgan fingerprint density at radius 1 is 1.47 bits per heavy atom. The van der Waals surface area contributed by atoms with Crippen molar-refractivity contribution < 1.29 is 4.74 Å². The highest BCUT2D eigenvalue weighted by Gasteiger charge is 2.02. The van der Waals surface area contributed by atoms with Gasteiger partial charge in [-0.05, 0) is 24.0 Å². The van der Waals surface area contributed by atoms with Crippen LogP contribution in [0.4, 0.5) is 5.69 Å². The van der Waals surface area contributed by atoms with Gasteiger partial charge in [0.1, 0.15) is 5.75 Å². The Balaban J connectivity index is 2.54. The molecule has 1 aromatic carbocycles. The van der Waals surface area contributed by atoms with E-state index in [1.54, 1.807) is 7.11 Å². The van der Waals surface area contributed by atoms with Gasteiger partial charge in [0.2, 0.25) is 0 Å². The molecule has 0 fully saturated rings. The summed E-state index contributed by atoms with van der Waals surface area (Å²) in [4.78, 5) is 0. The van der Waals surface area contributed by atoms with Crippen LogP contribution in [0.25, 0.3) is 0 Å². The third kappa shape index (κ3) is 4.34. The van der Waals surface area contributed by atoms with E-state index in [2.05, 4.69) is 28.2 Å². The van der Waals surface area contributed by atoms with Crippen molar-refractivity contribution in [3.8, 4) is 5.75 Å². The first-order chi connectivity index (χ1) is 7.27. The van der Waals surface area contributed by atoms with E-state index < -0.39 is 0 Å². The summed E-state index contributed by atoms with van der Waals surface area (Å²) in [7, 11) is 1.69. The molecule has 0 aromatic heterocycles. The Hall–Kier alpha value is -0.350. The Morgan fingerprint density at radius 2 is 2.27 bits per heavy atom. The van der Waals surface area contributed by atoms with Gasteiger partial charge in [0.25, 0.3) is 0 Å². The number of methoxy groups -OCH3 is 1. The maximum absolute atomic E-state index is 5.27. The van der Waals surface area contributed by atoms with Gasteiger partial charge >= 0.3 is 0 Å². The van der Waals surface area contributed by atoms with E-state index in [9.17, 15) is 0 Å². The molecule has 0 spiro atoms. The van der Waals surface area contributed by atoms with E-state index in [-0.39, 0.29) is 0 Å². The summed E-state index contributed by atoms with van der Waals surface area (Å²) < 4.78 is 6.33. The predicted molar refractivity (Wildman–Crippen MR) is 72.2 cm³/mol. The monoisotopic (exact) mass is 289 g/mol. The van der Waals surface area contributed by atoms with Gasteiger partial charge in [-0.1, -0.05) is 22.9 Å². The average Bonchev–Trinajstić information content (AvgIpc) is 2.25. The molecule has 1 rings (SSSR count). The summed E-state index contributed by atoms with van der Waals surface area (Å²) in [5.74, 6) is 3.17. The van der Waals surface area contributed by atoms with Gasteiger partial charge in [-0.2, -0.15) is 11.8 Å². The summed E-state index contributed by atoms with van der Waals surface area (Å²) in [6.45, 7) is 3.13. The highest BCUT2D eigenvalue weighted by molar-refractivity contribution is 9.10. The summed E-state index contributed by atoms with van der Waals surface area (Å²) in [6, 6.07) is 5.97. The zero-order chi connectivity index (χ0) is 11.1. The number of halogens is 1. The van der Waals surface area contributed by atoms with Crippen LogP contribution in [0.5, 0.6) is 5.75 Å². The van der Waals surface area contributed by atoms with Crippen molar-refractivity contribution in [1.82, 2.24) is 0 Å². The van der Waals surface area contributed by atoms with Crippen molar-refractivity contribution in [3.63, 3.8) is 0 Å². The standard InChI is InChI=1S/C11H16BrNOS/c1-3-15-7-6-13-10-8-9(12)4-5-11(10)14-2/h4-5,8,13H,3,6-7H2,1-2H3. The highest BCUT2D eigenvalue weighted by atomic mass is 79.9. The summed E-state index contributed by atoms with van der Waals surface area (Å²) in [5, 5.41) is 3.36. The normalized spacial score (nSPS) is 10.1. The fourth-order valence-electron chi connectivity index (χ4n) is 1.22. The van der Waals surface area contributed by atoms with Gasteiger partial charge in [-0.15, -0.1) is 0 Å². The Labute approximate surface area is 104 Å². The summed E-state index contributed by atoms with van der Waals surface area (Å²) >= 11 is 5.38. The minimum atomic E-state index is 0.889. The molecule has 0 bridgehead atoms. The Kier molecular flexibility index (Phi) is 5.95. The highest BCUT2D eigenvalue weighted by Crippen LogP contribution is 2.27. The SMILES string of the molecule is CCSCCNc1cc(Br)ccc1OC. The third-order valence-corrected chi connectivity index (χ3v) is 3.32. The van der Waals surface area contributed by atoms with Crippen LogP contribution in [0.2, 0.25) is 0 Å². The smallest absolute Gasteiger partial charge is 0.142 e. The van der Waals surface area contributed by atoms with Gasteiger partial charge in [-0.25, -0.2) is 0 Å². The van der Waals surface area contributed by atoms with Crippen LogP contribution in [0.15, 0.2) is 22.7 Å². The van der Waals surface area contributed by atoms with Crippen LogP contribution < -0.4 is 10.1 Å². The zero-order valence-electron chi connectivity index (χ0n) is 9.05. The topological polar surface area (TPSA) is 21.3 Å². The van der Waals surface area contributed by atoms with Crippen molar-refractivity contribution in [2.24, 2.45) is 0 Å². The second-order valence-electron chi connectivity index (χ2n) is 2.97. The van der Waals surface area contributed by atoms with Crippen LogP contribution in [-0.2, 0) is 0 Å². The molecule has 0 atom stereocenters. The van der Waals surface area contributed by atoms with E-state index in [4.69, 9.17) is 4.74 Å². The lowest BCUT2D eigenvalue weighted by atomic mass is 10.3. The predicted octanol–water partition coefficient (Wildman–Crippen LogP) is 3.62. The van der Waals surface area contributed by atoms with E-state index >= 15 is 0 Å². The first kappa shape index (κ1) is 12.7. The molecule has 0 saturated heterocycles. The fourth-order valence-corrected chi connectivity index (χ4v) is 2.12. The number of hydrogen-bond acceptors (Lipinski definition) is 3. The van der Waals surface area contributed by atoms with Crippen LogP contribution in [0, 0.1) is 0 Å². The van der Waals surface area contributed by atoms with E-state index in [0.717, 1.165) is 34.0 Å². The molecule has 2 nitrogen and oxygen atoms in total. The zero-order valence-corrected chi connectivity index (χ0v) is 11.5. The van der Waals surface area contributed by atoms with Gasteiger partial charge in [0.15, 0.2) is 0 Å². The molecular weight excluding hydrogens is 274 g/mol. The van der Waals surface area contributed by atoms with E-state index in [1.807, 2.05) is 30.0 Å². The second kappa shape index (κ2) is 7.01. The maximum Gasteiger partial charge on any atom is 0.142 e. The number of rotatable bonds is 6. The number of ether oxygens (including phenoxy) is 1. The maximum atomic E-state index is 5.27. The third-order valence-electron chi connectivity index (χ3n) is 1.93. The Morgan fingerprint density at radius 3 is 2.93 bits per heavy atom. The number of nitrogens with one attached hydrogen (secondary N) is 1. The van der Waals surface area contributed by atoms with Crippen molar-refractivity contribution in [3.05, 3.63) is 22.7 Å². The molecule has 0 aliphatic carbocycles. The largest absolute Gasteiger partial charge is 0.495 e. The van der Waals surface area contributed by atoms with Gasteiger partial charge in [0, 0.05) is 16.8 Å². The molecular formula is C11H16BrNOS. The van der Waals surface area contributed by atoms with Crippen molar-refractivity contribution in [2.45, 2.75) is 6.92 Å². The molecule has 15 heavy (non-hydrogen) atoms. The average molecular weight is 290 g/mol. The molecule has 0 radical (unpaired) electrons. The lowest BCUT2D eigenvalue weighted by Gasteiger charge is -2.11. The minimum absolute atomic E-state index is 0.889. The van der Waals surface area contributed by atoms with Crippen LogP contribution in [-0.4, -0.2) is 25.2 Å². The molecule has 0 amide bonds. The van der Waals surface area contributed by atoms with Crippen molar-refractivity contribution >= 4 is 33.4 Å². The molecule has 1 aromatic rings. The Bertz CT molecular complexity index is 307. The van der Waals surface area contributed by atoms with Gasteiger partial charge in [-0.3, -0.25) is 0 Å². The van der Waals surface area contributed by atoms with Gasteiger partial charge < -0.3 is 10.1 Å². The molecule has 0 saturated carbocycles. The number of benzene rings is 1. The van der Waals surface area contributed by atoms with Gasteiger partial charge in [0.05, 0.1) is 12.8 Å². The fraction of sp³-hybridized carbons (Fsp3) is 0.455. The van der Waals surface area contributed by atoms with Crippen molar-refractivity contribution in [1.29, 1.82) is 0 Å². The lowest BCUT2D eigenvalue weighted by molar-refractivity contribution is 0.416. The molecule has 0 aliphatic heterocycles.